The van der Waals surface area contributed by atoms with Gasteiger partial charge in [-0.25, -0.2) is 0 Å². The first-order valence-corrected chi connectivity index (χ1v) is 6.99. The smallest absolute Gasteiger partial charge is 0.280 e. The molecule has 0 atom stereocenters. The average Bonchev–Trinajstić information content (AvgIpc) is 3.07. The van der Waals surface area contributed by atoms with Crippen LogP contribution >= 0.6 is 12.4 Å². The van der Waals surface area contributed by atoms with Crippen LogP contribution in [0.15, 0.2) is 15.1 Å². The number of aromatic nitrogens is 3. The normalized spacial score (nSPS) is 17.7. The Morgan fingerprint density at radius 2 is 1.81 bits per heavy atom. The first-order chi connectivity index (χ1) is 9.38. The van der Waals surface area contributed by atoms with E-state index in [2.05, 4.69) is 36.1 Å². The Morgan fingerprint density at radius 1 is 1.14 bits per heavy atom. The third kappa shape index (κ3) is 2.96. The summed E-state index contributed by atoms with van der Waals surface area (Å²) in [5.41, 5.74) is 6.33. The molecule has 0 saturated heterocycles. The quantitative estimate of drug-likeness (QED) is 0.915. The molecule has 0 bridgehead atoms. The van der Waals surface area contributed by atoms with Crippen molar-refractivity contribution in [2.45, 2.75) is 57.4 Å². The Bertz CT molecular complexity index is 609. The van der Waals surface area contributed by atoms with Crippen LogP contribution in [0.3, 0.4) is 0 Å². The summed E-state index contributed by atoms with van der Waals surface area (Å²) in [7, 11) is 0. The van der Waals surface area contributed by atoms with E-state index in [1.165, 1.54) is 0 Å². The van der Waals surface area contributed by atoms with Crippen molar-refractivity contribution < 1.29 is 9.05 Å². The van der Waals surface area contributed by atoms with Crippen molar-refractivity contribution in [1.82, 2.24) is 15.3 Å². The summed E-state index contributed by atoms with van der Waals surface area (Å²) in [5, 5.41) is 8.03. The van der Waals surface area contributed by atoms with Gasteiger partial charge in [0.1, 0.15) is 5.76 Å². The molecule has 6 nitrogen and oxygen atoms in total. The number of hydrogen-bond acceptors (Lipinski definition) is 6. The van der Waals surface area contributed by atoms with Crippen LogP contribution in [0, 0.1) is 0 Å². The van der Waals surface area contributed by atoms with E-state index in [9.17, 15) is 0 Å². The van der Waals surface area contributed by atoms with E-state index in [0.29, 0.717) is 17.4 Å². The maximum atomic E-state index is 6.32. The molecule has 0 spiro atoms. The second-order valence-electron chi connectivity index (χ2n) is 6.61. The van der Waals surface area contributed by atoms with Crippen molar-refractivity contribution in [2.24, 2.45) is 5.73 Å². The maximum absolute atomic E-state index is 6.32. The fourth-order valence-electron chi connectivity index (χ4n) is 2.49. The molecule has 116 valence electrons. The lowest BCUT2D eigenvalue weighted by atomic mass is 9.93. The summed E-state index contributed by atoms with van der Waals surface area (Å²) in [6.45, 7) is 6.18. The van der Waals surface area contributed by atoms with Gasteiger partial charge < -0.3 is 14.8 Å². The van der Waals surface area contributed by atoms with Crippen LogP contribution in [0.2, 0.25) is 0 Å². The highest BCUT2D eigenvalue weighted by Gasteiger charge is 2.36. The lowest BCUT2D eigenvalue weighted by Gasteiger charge is -2.17. The van der Waals surface area contributed by atoms with Gasteiger partial charge in [0.25, 0.3) is 5.89 Å². The van der Waals surface area contributed by atoms with E-state index in [-0.39, 0.29) is 17.8 Å². The Balaban J connectivity index is 0.00000161. The topological polar surface area (TPSA) is 91.0 Å². The lowest BCUT2D eigenvalue weighted by Crippen LogP contribution is -2.34. The molecule has 2 aromatic rings. The maximum Gasteiger partial charge on any atom is 0.280 e. The van der Waals surface area contributed by atoms with Crippen molar-refractivity contribution in [3.8, 4) is 11.6 Å². The first-order valence-electron chi connectivity index (χ1n) is 6.99. The lowest BCUT2D eigenvalue weighted by molar-refractivity contribution is 0.328. The number of hydrogen-bond donors (Lipinski definition) is 1. The zero-order valence-corrected chi connectivity index (χ0v) is 13.4. The Kier molecular flexibility index (Phi) is 4.13. The van der Waals surface area contributed by atoms with Crippen LogP contribution < -0.4 is 5.73 Å². The molecule has 1 fully saturated rings. The van der Waals surface area contributed by atoms with Crippen molar-refractivity contribution >= 4 is 12.4 Å². The minimum atomic E-state index is -0.446. The van der Waals surface area contributed by atoms with Crippen LogP contribution in [-0.4, -0.2) is 15.3 Å². The molecule has 0 amide bonds. The predicted molar refractivity (Wildman–Crippen MR) is 80.1 cm³/mol. The summed E-state index contributed by atoms with van der Waals surface area (Å²) in [4.78, 5) is 4.40. The minimum Gasteiger partial charge on any atom is -0.360 e. The highest BCUT2D eigenvalue weighted by molar-refractivity contribution is 5.85. The van der Waals surface area contributed by atoms with Crippen molar-refractivity contribution in [2.75, 3.05) is 0 Å². The van der Waals surface area contributed by atoms with Gasteiger partial charge in [0.05, 0.1) is 5.54 Å². The number of nitrogens with zero attached hydrogens (tertiary/aromatic N) is 3. The third-order valence-electron chi connectivity index (χ3n) is 3.84. The van der Waals surface area contributed by atoms with Crippen LogP contribution in [0.4, 0.5) is 0 Å². The largest absolute Gasteiger partial charge is 0.360 e. The molecule has 1 aliphatic carbocycles. The van der Waals surface area contributed by atoms with Crippen molar-refractivity contribution in [3.63, 3.8) is 0 Å². The first kappa shape index (κ1) is 16.0. The van der Waals surface area contributed by atoms with E-state index < -0.39 is 5.54 Å². The summed E-state index contributed by atoms with van der Waals surface area (Å²) in [6.07, 6.45) is 4.02. The monoisotopic (exact) mass is 312 g/mol. The van der Waals surface area contributed by atoms with Crippen LogP contribution in [0.1, 0.15) is 58.0 Å². The molecule has 7 heteroatoms. The minimum absolute atomic E-state index is 0. The van der Waals surface area contributed by atoms with E-state index in [0.717, 1.165) is 31.4 Å². The standard InChI is InChI=1S/C14H20N4O2.ClH/c1-13(2,3)10-8-9(17-19-10)11-16-12(18-20-11)14(15)6-4-5-7-14;/h8H,4-7,15H2,1-3H3;1H. The molecular formula is C14H21ClN4O2. The molecule has 2 aromatic heterocycles. The molecule has 0 aromatic carbocycles. The zero-order valence-electron chi connectivity index (χ0n) is 12.5. The molecule has 2 N–H and O–H groups in total. The number of nitrogens with two attached hydrogens (primary N) is 1. The summed E-state index contributed by atoms with van der Waals surface area (Å²) in [5.74, 6) is 1.73. The number of halogens is 1. The van der Waals surface area contributed by atoms with Gasteiger partial charge in [-0.3, -0.25) is 0 Å². The number of rotatable bonds is 2. The van der Waals surface area contributed by atoms with Gasteiger partial charge in [-0.1, -0.05) is 43.9 Å². The Morgan fingerprint density at radius 3 is 2.38 bits per heavy atom. The molecule has 0 radical (unpaired) electrons. The average molecular weight is 313 g/mol. The fraction of sp³-hybridized carbons (Fsp3) is 0.643. The molecule has 21 heavy (non-hydrogen) atoms. The Hall–Kier alpha value is -1.40. The molecule has 1 aliphatic rings. The molecule has 1 saturated carbocycles. The molecule has 0 aliphatic heterocycles. The zero-order chi connectivity index (χ0) is 14.4. The van der Waals surface area contributed by atoms with Gasteiger partial charge >= 0.3 is 0 Å². The van der Waals surface area contributed by atoms with Crippen molar-refractivity contribution in [3.05, 3.63) is 17.7 Å². The molecular weight excluding hydrogens is 292 g/mol. The molecule has 0 unspecified atom stereocenters. The van der Waals surface area contributed by atoms with Crippen LogP contribution in [-0.2, 0) is 11.0 Å². The van der Waals surface area contributed by atoms with E-state index in [1.54, 1.807) is 0 Å². The molecule has 3 rings (SSSR count). The van der Waals surface area contributed by atoms with Crippen molar-refractivity contribution in [1.29, 1.82) is 0 Å². The summed E-state index contributed by atoms with van der Waals surface area (Å²) >= 11 is 0. The van der Waals surface area contributed by atoms with Gasteiger partial charge in [0.15, 0.2) is 11.5 Å². The molecule has 2 heterocycles. The van der Waals surface area contributed by atoms with Gasteiger partial charge in [0, 0.05) is 11.5 Å². The fourth-order valence-corrected chi connectivity index (χ4v) is 2.49. The third-order valence-corrected chi connectivity index (χ3v) is 3.84. The Labute approximate surface area is 129 Å². The second-order valence-corrected chi connectivity index (χ2v) is 6.61. The predicted octanol–water partition coefficient (Wildman–Crippen LogP) is 3.17. The van der Waals surface area contributed by atoms with E-state index in [4.69, 9.17) is 14.8 Å². The van der Waals surface area contributed by atoms with Gasteiger partial charge in [-0.2, -0.15) is 4.98 Å². The highest BCUT2D eigenvalue weighted by Crippen LogP contribution is 2.35. The van der Waals surface area contributed by atoms with Crippen LogP contribution in [0.25, 0.3) is 11.6 Å². The van der Waals surface area contributed by atoms with E-state index in [1.807, 2.05) is 6.07 Å². The highest BCUT2D eigenvalue weighted by atomic mass is 35.5. The van der Waals surface area contributed by atoms with E-state index >= 15 is 0 Å². The van der Waals surface area contributed by atoms with Gasteiger partial charge in [0.2, 0.25) is 0 Å². The van der Waals surface area contributed by atoms with Gasteiger partial charge in [-0.15, -0.1) is 12.4 Å². The SMILES string of the molecule is CC(C)(C)c1cc(-c2nc(C3(N)CCCC3)no2)no1.Cl. The van der Waals surface area contributed by atoms with Gasteiger partial charge in [-0.05, 0) is 12.8 Å². The van der Waals surface area contributed by atoms with Crippen LogP contribution in [0.5, 0.6) is 0 Å². The summed E-state index contributed by atoms with van der Waals surface area (Å²) in [6, 6.07) is 1.84. The second kappa shape index (κ2) is 5.42. The summed E-state index contributed by atoms with van der Waals surface area (Å²) < 4.78 is 10.6.